The van der Waals surface area contributed by atoms with E-state index in [0.29, 0.717) is 31.0 Å². The van der Waals surface area contributed by atoms with Crippen molar-refractivity contribution >= 4 is 55.9 Å². The number of rotatable bonds is 1. The van der Waals surface area contributed by atoms with Crippen molar-refractivity contribution in [2.45, 2.75) is 12.2 Å². The topological polar surface area (TPSA) is 38.2 Å². The highest BCUT2D eigenvalue weighted by molar-refractivity contribution is 9.10. The minimum atomic E-state index is -0.991. The zero-order valence-electron chi connectivity index (χ0n) is 11.6. The second-order valence-electron chi connectivity index (χ2n) is 5.57. The molecule has 0 amide bonds. The van der Waals surface area contributed by atoms with E-state index in [1.807, 2.05) is 0 Å². The molecule has 122 valence electrons. The molecular formula is C14H10BrCl2F2N3O. The summed E-state index contributed by atoms with van der Waals surface area (Å²) in [6.07, 6.45) is -0.991. The van der Waals surface area contributed by atoms with Crippen LogP contribution in [0, 0.1) is 11.7 Å². The number of ether oxygens (including phenoxy) is 1. The second-order valence-corrected chi connectivity index (χ2v) is 7.10. The Kier molecular flexibility index (Phi) is 3.87. The second kappa shape index (κ2) is 5.65. The lowest BCUT2D eigenvalue weighted by Gasteiger charge is -2.24. The Morgan fingerprint density at radius 2 is 2.13 bits per heavy atom. The van der Waals surface area contributed by atoms with Crippen LogP contribution in [0.15, 0.2) is 10.5 Å². The first-order valence-electron chi connectivity index (χ1n) is 6.98. The van der Waals surface area contributed by atoms with Crippen molar-refractivity contribution in [3.63, 3.8) is 0 Å². The van der Waals surface area contributed by atoms with Crippen LogP contribution < -0.4 is 4.90 Å². The minimum absolute atomic E-state index is 0.0500. The van der Waals surface area contributed by atoms with Crippen molar-refractivity contribution in [3.05, 3.63) is 26.7 Å². The molecule has 1 saturated carbocycles. The van der Waals surface area contributed by atoms with Gasteiger partial charge in [0.1, 0.15) is 17.5 Å². The van der Waals surface area contributed by atoms with Gasteiger partial charge in [0.05, 0.1) is 28.8 Å². The summed E-state index contributed by atoms with van der Waals surface area (Å²) in [5, 5.41) is 0.496. The summed E-state index contributed by atoms with van der Waals surface area (Å²) in [5.74, 6) is -0.431. The molecule has 4 nitrogen and oxygen atoms in total. The SMILES string of the molecule is Fc1c(Br)c(Cl)cc2c(N3CCOCC4C(F)C43)nc(Cl)nc12. The molecule has 1 saturated heterocycles. The van der Waals surface area contributed by atoms with Gasteiger partial charge >= 0.3 is 0 Å². The average Bonchev–Trinajstić information content (AvgIpc) is 3.21. The lowest BCUT2D eigenvalue weighted by atomic mass is 10.2. The summed E-state index contributed by atoms with van der Waals surface area (Å²) in [4.78, 5) is 9.94. The predicted molar refractivity (Wildman–Crippen MR) is 87.6 cm³/mol. The monoisotopic (exact) mass is 423 g/mol. The number of alkyl halides is 1. The van der Waals surface area contributed by atoms with Crippen molar-refractivity contribution in [1.29, 1.82) is 0 Å². The van der Waals surface area contributed by atoms with Crippen molar-refractivity contribution < 1.29 is 13.5 Å². The van der Waals surface area contributed by atoms with E-state index in [2.05, 4.69) is 25.9 Å². The maximum Gasteiger partial charge on any atom is 0.225 e. The van der Waals surface area contributed by atoms with Crippen LogP contribution in [0.4, 0.5) is 14.6 Å². The molecule has 2 heterocycles. The molecule has 3 atom stereocenters. The average molecular weight is 425 g/mol. The smallest absolute Gasteiger partial charge is 0.225 e. The van der Waals surface area contributed by atoms with Crippen molar-refractivity contribution in [1.82, 2.24) is 9.97 Å². The van der Waals surface area contributed by atoms with E-state index in [9.17, 15) is 8.78 Å². The van der Waals surface area contributed by atoms with Crippen LogP contribution in [-0.4, -0.2) is 41.9 Å². The van der Waals surface area contributed by atoms with Crippen molar-refractivity contribution in [2.75, 3.05) is 24.7 Å². The van der Waals surface area contributed by atoms with Gasteiger partial charge in [-0.2, -0.15) is 4.98 Å². The van der Waals surface area contributed by atoms with Crippen LogP contribution in [0.5, 0.6) is 0 Å². The van der Waals surface area contributed by atoms with Gasteiger partial charge in [0.25, 0.3) is 0 Å². The van der Waals surface area contributed by atoms with Gasteiger partial charge in [-0.05, 0) is 33.6 Å². The van der Waals surface area contributed by atoms with Gasteiger partial charge < -0.3 is 9.64 Å². The van der Waals surface area contributed by atoms with Gasteiger partial charge in [0.2, 0.25) is 5.28 Å². The summed E-state index contributed by atoms with van der Waals surface area (Å²) < 4.78 is 34.0. The number of fused-ring (bicyclic) bond motifs is 2. The molecule has 0 spiro atoms. The number of aromatic nitrogens is 2. The molecule has 0 radical (unpaired) electrons. The molecule has 3 unspecified atom stereocenters. The van der Waals surface area contributed by atoms with Crippen LogP contribution in [-0.2, 0) is 4.74 Å². The van der Waals surface area contributed by atoms with Gasteiger partial charge in [-0.25, -0.2) is 13.8 Å². The highest BCUT2D eigenvalue weighted by Crippen LogP contribution is 2.45. The third-order valence-electron chi connectivity index (χ3n) is 4.23. The molecule has 23 heavy (non-hydrogen) atoms. The predicted octanol–water partition coefficient (Wildman–Crippen LogP) is 4.01. The minimum Gasteiger partial charge on any atom is -0.379 e. The third-order valence-corrected chi connectivity index (χ3v) is 5.70. The zero-order chi connectivity index (χ0) is 16.3. The van der Waals surface area contributed by atoms with Gasteiger partial charge in [-0.3, -0.25) is 0 Å². The number of anilines is 1. The van der Waals surface area contributed by atoms with Gasteiger partial charge in [-0.1, -0.05) is 11.6 Å². The van der Waals surface area contributed by atoms with E-state index in [1.54, 1.807) is 11.0 Å². The molecule has 2 aliphatic rings. The zero-order valence-corrected chi connectivity index (χ0v) is 14.7. The fourth-order valence-electron chi connectivity index (χ4n) is 3.04. The van der Waals surface area contributed by atoms with Gasteiger partial charge in [0, 0.05) is 17.8 Å². The Bertz CT molecular complexity index is 809. The molecule has 1 aliphatic heterocycles. The van der Waals surface area contributed by atoms with Crippen molar-refractivity contribution in [3.8, 4) is 0 Å². The van der Waals surface area contributed by atoms with Crippen molar-refractivity contribution in [2.24, 2.45) is 5.92 Å². The van der Waals surface area contributed by atoms with Crippen LogP contribution in [0.2, 0.25) is 10.3 Å². The molecule has 0 bridgehead atoms. The number of nitrogens with zero attached hydrogens (tertiary/aromatic N) is 3. The number of hydrogen-bond acceptors (Lipinski definition) is 4. The van der Waals surface area contributed by atoms with Crippen LogP contribution in [0.3, 0.4) is 0 Å². The van der Waals surface area contributed by atoms with E-state index in [0.717, 1.165) is 0 Å². The Labute approximate surface area is 148 Å². The number of hydrogen-bond donors (Lipinski definition) is 0. The lowest BCUT2D eigenvalue weighted by Crippen LogP contribution is -2.31. The first-order valence-corrected chi connectivity index (χ1v) is 8.53. The standard InChI is InChI=1S/C14H10BrCl2F2N3O/c15-8-7(16)3-5-11(10(8)19)20-14(17)21-13(5)22-1-2-23-4-6-9(18)12(6)22/h3,6,9,12H,1-2,4H2. The van der Waals surface area contributed by atoms with E-state index in [4.69, 9.17) is 27.9 Å². The highest BCUT2D eigenvalue weighted by Gasteiger charge is 2.56. The van der Waals surface area contributed by atoms with Gasteiger partial charge in [-0.15, -0.1) is 0 Å². The maximum absolute atomic E-state index is 14.5. The third kappa shape index (κ3) is 2.49. The maximum atomic E-state index is 14.5. The molecule has 1 aromatic carbocycles. The Morgan fingerprint density at radius 3 is 2.91 bits per heavy atom. The Balaban J connectivity index is 1.92. The molecule has 0 N–H and O–H groups in total. The lowest BCUT2D eigenvalue weighted by molar-refractivity contribution is 0.131. The largest absolute Gasteiger partial charge is 0.379 e. The fraction of sp³-hybridized carbons (Fsp3) is 0.429. The number of benzene rings is 1. The molecular weight excluding hydrogens is 415 g/mol. The van der Waals surface area contributed by atoms with Gasteiger partial charge in [0.15, 0.2) is 5.82 Å². The quantitative estimate of drug-likeness (QED) is 0.512. The summed E-state index contributed by atoms with van der Waals surface area (Å²) in [5.41, 5.74) is 0.0500. The summed E-state index contributed by atoms with van der Waals surface area (Å²) in [6.45, 7) is 1.26. The normalized spacial score (nSPS) is 27.0. The van der Waals surface area contributed by atoms with E-state index >= 15 is 0 Å². The van der Waals surface area contributed by atoms with E-state index < -0.39 is 12.0 Å². The van der Waals surface area contributed by atoms with Crippen LogP contribution in [0.25, 0.3) is 10.9 Å². The van der Waals surface area contributed by atoms with Crippen LogP contribution >= 0.6 is 39.1 Å². The highest BCUT2D eigenvalue weighted by atomic mass is 79.9. The van der Waals surface area contributed by atoms with Crippen LogP contribution in [0.1, 0.15) is 0 Å². The Morgan fingerprint density at radius 1 is 1.35 bits per heavy atom. The molecule has 4 rings (SSSR count). The molecule has 2 fully saturated rings. The Hall–Kier alpha value is -0.760. The van der Waals surface area contributed by atoms with E-state index in [1.165, 1.54) is 0 Å². The molecule has 9 heteroatoms. The summed E-state index contributed by atoms with van der Waals surface area (Å²) >= 11 is 15.1. The van der Waals surface area contributed by atoms with E-state index in [-0.39, 0.29) is 32.3 Å². The number of halogens is 5. The first-order chi connectivity index (χ1) is 11.0. The fourth-order valence-corrected chi connectivity index (χ4v) is 3.70. The summed E-state index contributed by atoms with van der Waals surface area (Å²) in [6, 6.07) is 1.23. The molecule has 2 aromatic rings. The first kappa shape index (κ1) is 15.7. The molecule has 1 aliphatic carbocycles. The molecule has 1 aromatic heterocycles. The summed E-state index contributed by atoms with van der Waals surface area (Å²) in [7, 11) is 0.